The third-order valence-electron chi connectivity index (χ3n) is 3.56. The van der Waals surface area contributed by atoms with Crippen LogP contribution in [0.5, 0.6) is 0 Å². The first-order chi connectivity index (χ1) is 10.4. The average Bonchev–Trinajstić information content (AvgIpc) is 2.86. The van der Waals surface area contributed by atoms with Crippen LogP contribution >= 0.6 is 23.4 Å². The molecule has 1 unspecified atom stereocenters. The van der Waals surface area contributed by atoms with Gasteiger partial charge in [-0.2, -0.15) is 0 Å². The molecule has 1 aliphatic heterocycles. The van der Waals surface area contributed by atoms with E-state index in [2.05, 4.69) is 0 Å². The Labute approximate surface area is 140 Å². The summed E-state index contributed by atoms with van der Waals surface area (Å²) in [5.41, 5.74) is 0.970. The number of hydrogen-bond acceptors (Lipinski definition) is 4. The number of esters is 1. The van der Waals surface area contributed by atoms with E-state index in [-0.39, 0.29) is 23.2 Å². The normalized spacial score (nSPS) is 19.6. The molecule has 6 heteroatoms. The topological polar surface area (TPSA) is 46.6 Å². The second-order valence-electron chi connectivity index (χ2n) is 5.68. The monoisotopic (exact) mass is 341 g/mol. The lowest BCUT2D eigenvalue weighted by Crippen LogP contribution is -2.44. The molecule has 1 amide bonds. The first kappa shape index (κ1) is 17.2. The molecular formula is C16H20ClNO3S. The Bertz CT molecular complexity index is 547. The van der Waals surface area contributed by atoms with Crippen molar-refractivity contribution in [2.75, 3.05) is 12.9 Å². The predicted molar refractivity (Wildman–Crippen MR) is 88.8 cm³/mol. The summed E-state index contributed by atoms with van der Waals surface area (Å²) in [6.07, 6.45) is 0.586. The molecule has 1 aromatic rings. The molecule has 120 valence electrons. The van der Waals surface area contributed by atoms with Gasteiger partial charge in [-0.3, -0.25) is 4.79 Å². The Hall–Kier alpha value is -1.20. The van der Waals surface area contributed by atoms with Crippen LogP contribution in [0.1, 0.15) is 31.2 Å². The van der Waals surface area contributed by atoms with E-state index < -0.39 is 6.04 Å². The highest BCUT2D eigenvalue weighted by Crippen LogP contribution is 2.41. The van der Waals surface area contributed by atoms with E-state index in [1.54, 1.807) is 17.0 Å². The molecule has 4 nitrogen and oxygen atoms in total. The van der Waals surface area contributed by atoms with E-state index in [1.807, 2.05) is 26.0 Å². The summed E-state index contributed by atoms with van der Waals surface area (Å²) in [4.78, 5) is 26.2. The minimum absolute atomic E-state index is 0.0269. The summed E-state index contributed by atoms with van der Waals surface area (Å²) in [6.45, 7) is 4.06. The van der Waals surface area contributed by atoms with Crippen LogP contribution in [-0.2, 0) is 14.3 Å². The maximum atomic E-state index is 12.3. The summed E-state index contributed by atoms with van der Waals surface area (Å²) in [7, 11) is 1.36. The molecule has 2 atom stereocenters. The number of nitrogens with zero attached hydrogens (tertiary/aromatic N) is 1. The largest absolute Gasteiger partial charge is 0.467 e. The van der Waals surface area contributed by atoms with Gasteiger partial charge in [-0.05, 0) is 30.0 Å². The summed E-state index contributed by atoms with van der Waals surface area (Å²) < 4.78 is 4.91. The number of hydrogen-bond donors (Lipinski definition) is 0. The molecule has 1 heterocycles. The zero-order chi connectivity index (χ0) is 16.3. The Morgan fingerprint density at radius 2 is 2.05 bits per heavy atom. The highest BCUT2D eigenvalue weighted by atomic mass is 35.5. The van der Waals surface area contributed by atoms with E-state index in [9.17, 15) is 9.59 Å². The van der Waals surface area contributed by atoms with Gasteiger partial charge in [0.25, 0.3) is 0 Å². The third-order valence-corrected chi connectivity index (χ3v) is 5.04. The number of amides is 1. The van der Waals surface area contributed by atoms with Gasteiger partial charge < -0.3 is 9.64 Å². The van der Waals surface area contributed by atoms with E-state index >= 15 is 0 Å². The van der Waals surface area contributed by atoms with Gasteiger partial charge in [-0.25, -0.2) is 4.79 Å². The molecule has 22 heavy (non-hydrogen) atoms. The van der Waals surface area contributed by atoms with Crippen molar-refractivity contribution in [3.05, 3.63) is 34.9 Å². The number of ether oxygens (including phenoxy) is 1. The van der Waals surface area contributed by atoms with Crippen LogP contribution in [0.3, 0.4) is 0 Å². The second kappa shape index (κ2) is 7.38. The van der Waals surface area contributed by atoms with Crippen LogP contribution in [0.15, 0.2) is 24.3 Å². The Morgan fingerprint density at radius 3 is 2.59 bits per heavy atom. The minimum atomic E-state index is -0.548. The predicted octanol–water partition coefficient (Wildman–Crippen LogP) is 3.50. The van der Waals surface area contributed by atoms with Gasteiger partial charge in [-0.1, -0.05) is 37.6 Å². The molecule has 0 spiro atoms. The fourth-order valence-corrected chi connectivity index (χ4v) is 3.91. The summed E-state index contributed by atoms with van der Waals surface area (Å²) in [6, 6.07) is 6.85. The van der Waals surface area contributed by atoms with Crippen molar-refractivity contribution in [3.63, 3.8) is 0 Å². The number of rotatable bonds is 5. The van der Waals surface area contributed by atoms with Crippen LogP contribution in [0.25, 0.3) is 0 Å². The van der Waals surface area contributed by atoms with Gasteiger partial charge in [0.15, 0.2) is 0 Å². The molecule has 0 N–H and O–H groups in total. The molecule has 1 fully saturated rings. The number of thioether (sulfide) groups is 1. The molecular weight excluding hydrogens is 322 g/mol. The lowest BCUT2D eigenvalue weighted by Gasteiger charge is -2.32. The molecule has 0 aliphatic carbocycles. The zero-order valence-electron chi connectivity index (χ0n) is 12.9. The van der Waals surface area contributed by atoms with Crippen LogP contribution in [0, 0.1) is 5.92 Å². The van der Waals surface area contributed by atoms with Crippen molar-refractivity contribution in [2.24, 2.45) is 5.92 Å². The maximum absolute atomic E-state index is 12.3. The van der Waals surface area contributed by atoms with Crippen LogP contribution in [0.4, 0.5) is 0 Å². The van der Waals surface area contributed by atoms with Crippen molar-refractivity contribution in [1.29, 1.82) is 0 Å². The number of halogens is 1. The van der Waals surface area contributed by atoms with Crippen LogP contribution in [0.2, 0.25) is 5.02 Å². The van der Waals surface area contributed by atoms with Crippen molar-refractivity contribution in [2.45, 2.75) is 31.7 Å². The molecule has 0 saturated carbocycles. The number of carbonyl (C=O) groups is 2. The van der Waals surface area contributed by atoms with Gasteiger partial charge in [0.2, 0.25) is 5.91 Å². The zero-order valence-corrected chi connectivity index (χ0v) is 14.5. The molecule has 2 rings (SSSR count). The Kier molecular flexibility index (Phi) is 5.75. The number of carbonyl (C=O) groups excluding carboxylic acids is 2. The number of benzene rings is 1. The highest BCUT2D eigenvalue weighted by molar-refractivity contribution is 8.00. The van der Waals surface area contributed by atoms with Gasteiger partial charge >= 0.3 is 5.97 Å². The highest BCUT2D eigenvalue weighted by Gasteiger charge is 2.41. The minimum Gasteiger partial charge on any atom is -0.467 e. The average molecular weight is 342 g/mol. The molecule has 1 aliphatic rings. The molecule has 1 saturated heterocycles. The van der Waals surface area contributed by atoms with E-state index in [4.69, 9.17) is 16.3 Å². The molecule has 1 aromatic carbocycles. The van der Waals surface area contributed by atoms with Crippen molar-refractivity contribution < 1.29 is 14.3 Å². The lowest BCUT2D eigenvalue weighted by atomic mass is 10.0. The third kappa shape index (κ3) is 3.76. The fraction of sp³-hybridized carbons (Fsp3) is 0.500. The van der Waals surface area contributed by atoms with E-state index in [0.717, 1.165) is 5.56 Å². The number of methoxy groups -OCH3 is 1. The molecule has 0 aromatic heterocycles. The van der Waals surface area contributed by atoms with Gasteiger partial charge in [0.05, 0.1) is 12.9 Å². The van der Waals surface area contributed by atoms with Crippen molar-refractivity contribution in [3.8, 4) is 0 Å². The molecule has 0 radical (unpaired) electrons. The van der Waals surface area contributed by atoms with Gasteiger partial charge in [0.1, 0.15) is 11.4 Å². The quantitative estimate of drug-likeness (QED) is 0.769. The summed E-state index contributed by atoms with van der Waals surface area (Å²) in [5.74, 6) is 0.275. The van der Waals surface area contributed by atoms with Gasteiger partial charge in [0, 0.05) is 5.02 Å². The Balaban J connectivity index is 2.32. The first-order valence-electron chi connectivity index (χ1n) is 7.20. The van der Waals surface area contributed by atoms with Crippen molar-refractivity contribution >= 4 is 35.2 Å². The smallest absolute Gasteiger partial charge is 0.328 e. The van der Waals surface area contributed by atoms with Crippen LogP contribution in [-0.4, -0.2) is 35.7 Å². The maximum Gasteiger partial charge on any atom is 0.328 e. The standard InChI is InChI=1S/C16H20ClNO3S/c1-10(2)8-13(16(20)21-3)18-14(19)9-22-15(18)11-4-6-12(17)7-5-11/h4-7,10,13,15H,8-9H2,1-3H3/t13-,15?/m0/s1. The van der Waals surface area contributed by atoms with E-state index in [1.165, 1.54) is 18.9 Å². The fourth-order valence-electron chi connectivity index (χ4n) is 2.56. The summed E-state index contributed by atoms with van der Waals surface area (Å²) in [5, 5.41) is 0.476. The second-order valence-corrected chi connectivity index (χ2v) is 7.19. The lowest BCUT2D eigenvalue weighted by molar-refractivity contribution is -0.152. The molecule has 0 bridgehead atoms. The Morgan fingerprint density at radius 1 is 1.41 bits per heavy atom. The van der Waals surface area contributed by atoms with Crippen molar-refractivity contribution in [1.82, 2.24) is 4.90 Å². The van der Waals surface area contributed by atoms with Gasteiger partial charge in [-0.15, -0.1) is 11.8 Å². The summed E-state index contributed by atoms with van der Waals surface area (Å²) >= 11 is 7.45. The van der Waals surface area contributed by atoms with Crippen LogP contribution < -0.4 is 0 Å². The van der Waals surface area contributed by atoms with E-state index in [0.29, 0.717) is 17.2 Å². The SMILES string of the molecule is COC(=O)[C@H](CC(C)C)N1C(=O)CSC1c1ccc(Cl)cc1. The first-order valence-corrected chi connectivity index (χ1v) is 8.62.